The van der Waals surface area contributed by atoms with Gasteiger partial charge in [0.05, 0.1) is 21.5 Å². The number of amides is 1. The summed E-state index contributed by atoms with van der Waals surface area (Å²) < 4.78 is 28.0. The third-order valence-electron chi connectivity index (χ3n) is 6.47. The van der Waals surface area contributed by atoms with E-state index in [0.29, 0.717) is 19.0 Å². The third-order valence-corrected chi connectivity index (χ3v) is 8.69. The number of halogens is 1. The van der Waals surface area contributed by atoms with Crippen molar-refractivity contribution in [2.75, 3.05) is 13.1 Å². The Morgan fingerprint density at radius 3 is 2.32 bits per heavy atom. The van der Waals surface area contributed by atoms with Crippen LogP contribution in [0.4, 0.5) is 0 Å². The van der Waals surface area contributed by atoms with Gasteiger partial charge in [-0.15, -0.1) is 0 Å². The molecule has 0 radical (unpaired) electrons. The molecule has 1 amide bonds. The fraction of sp³-hybridized carbons (Fsp3) is 0.296. The summed E-state index contributed by atoms with van der Waals surface area (Å²) in [6.07, 6.45) is 1.66. The first kappa shape index (κ1) is 24.5. The molecule has 3 aromatic carbocycles. The van der Waals surface area contributed by atoms with E-state index in [-0.39, 0.29) is 15.5 Å². The number of carbonyl (C=O) groups is 1. The minimum Gasteiger partial charge on any atom is -0.341 e. The van der Waals surface area contributed by atoms with Gasteiger partial charge in [0.15, 0.2) is 0 Å². The first-order valence-corrected chi connectivity index (χ1v) is 13.3. The lowest BCUT2D eigenvalue weighted by molar-refractivity contribution is 0.0943. The molecule has 0 spiro atoms. The highest BCUT2D eigenvalue weighted by Gasteiger charge is 2.29. The van der Waals surface area contributed by atoms with Crippen molar-refractivity contribution in [1.82, 2.24) is 9.62 Å². The van der Waals surface area contributed by atoms with Crippen LogP contribution in [-0.2, 0) is 10.0 Å². The van der Waals surface area contributed by atoms with Crippen LogP contribution in [0, 0.1) is 12.8 Å². The average Bonchev–Trinajstić information content (AvgIpc) is 2.84. The van der Waals surface area contributed by atoms with Crippen LogP contribution in [0.1, 0.15) is 52.9 Å². The highest BCUT2D eigenvalue weighted by molar-refractivity contribution is 7.89. The van der Waals surface area contributed by atoms with Crippen molar-refractivity contribution in [1.29, 1.82) is 0 Å². The van der Waals surface area contributed by atoms with Crippen molar-refractivity contribution in [2.24, 2.45) is 5.92 Å². The van der Waals surface area contributed by atoms with Gasteiger partial charge < -0.3 is 5.32 Å². The highest BCUT2D eigenvalue weighted by atomic mass is 35.5. The molecule has 0 aromatic heterocycles. The Morgan fingerprint density at radius 2 is 1.65 bits per heavy atom. The standard InChI is InChI=1S/C27H29ClN2O3S/c1-19-14-16-30(17-15-19)34(32,33)22-12-13-25(28)24(18-22)27(31)29-26(21-9-4-3-5-10-21)23-11-7-6-8-20(23)2/h3-13,18-19,26H,14-17H2,1-2H3,(H,29,31). The lowest BCUT2D eigenvalue weighted by Crippen LogP contribution is -2.38. The first-order valence-electron chi connectivity index (χ1n) is 11.5. The molecule has 3 aromatic rings. The molecule has 0 saturated carbocycles. The second kappa shape index (κ2) is 10.3. The number of carbonyl (C=O) groups excluding carboxylic acids is 1. The van der Waals surface area contributed by atoms with Gasteiger partial charge in [-0.2, -0.15) is 4.31 Å². The Hall–Kier alpha value is -2.67. The van der Waals surface area contributed by atoms with Crippen LogP contribution in [0.15, 0.2) is 77.7 Å². The van der Waals surface area contributed by atoms with Crippen molar-refractivity contribution in [3.05, 3.63) is 100 Å². The normalized spacial score (nSPS) is 16.2. The number of sulfonamides is 1. The summed E-state index contributed by atoms with van der Waals surface area (Å²) in [6.45, 7) is 5.09. The van der Waals surface area contributed by atoms with E-state index in [1.165, 1.54) is 22.5 Å². The smallest absolute Gasteiger partial charge is 0.253 e. The van der Waals surface area contributed by atoms with E-state index in [2.05, 4.69) is 12.2 Å². The molecule has 1 atom stereocenters. The maximum absolute atomic E-state index is 13.4. The van der Waals surface area contributed by atoms with Gasteiger partial charge in [-0.3, -0.25) is 4.79 Å². The molecule has 1 fully saturated rings. The lowest BCUT2D eigenvalue weighted by atomic mass is 9.94. The van der Waals surface area contributed by atoms with Crippen LogP contribution >= 0.6 is 11.6 Å². The van der Waals surface area contributed by atoms with E-state index >= 15 is 0 Å². The summed E-state index contributed by atoms with van der Waals surface area (Å²) >= 11 is 6.38. The Labute approximate surface area is 206 Å². The molecule has 1 aliphatic rings. The number of nitrogens with zero attached hydrogens (tertiary/aromatic N) is 1. The molecular formula is C27H29ClN2O3S. The topological polar surface area (TPSA) is 66.5 Å². The van der Waals surface area contributed by atoms with Gasteiger partial charge in [-0.05, 0) is 60.6 Å². The molecule has 1 unspecified atom stereocenters. The van der Waals surface area contributed by atoms with E-state index in [0.717, 1.165) is 29.5 Å². The average molecular weight is 497 g/mol. The van der Waals surface area contributed by atoms with Crippen molar-refractivity contribution in [3.63, 3.8) is 0 Å². The van der Waals surface area contributed by atoms with Gasteiger partial charge in [0.1, 0.15) is 0 Å². The Morgan fingerprint density at radius 1 is 1.00 bits per heavy atom. The minimum atomic E-state index is -3.70. The molecule has 1 aliphatic heterocycles. The second-order valence-corrected chi connectivity index (χ2v) is 11.2. The van der Waals surface area contributed by atoms with Crippen LogP contribution in [0.3, 0.4) is 0 Å². The minimum absolute atomic E-state index is 0.0868. The number of nitrogens with one attached hydrogen (secondary N) is 1. The van der Waals surface area contributed by atoms with Crippen molar-refractivity contribution >= 4 is 27.5 Å². The van der Waals surface area contributed by atoms with Gasteiger partial charge in [-0.1, -0.05) is 73.1 Å². The summed E-state index contributed by atoms with van der Waals surface area (Å²) in [5, 5.41) is 3.29. The number of rotatable bonds is 6. The van der Waals surface area contributed by atoms with Crippen LogP contribution in [0.2, 0.25) is 5.02 Å². The fourth-order valence-corrected chi connectivity index (χ4v) is 6.02. The van der Waals surface area contributed by atoms with Gasteiger partial charge >= 0.3 is 0 Å². The summed E-state index contributed by atoms with van der Waals surface area (Å²) in [5.41, 5.74) is 3.07. The van der Waals surface area contributed by atoms with Crippen LogP contribution < -0.4 is 5.32 Å². The monoisotopic (exact) mass is 496 g/mol. The Bertz CT molecular complexity index is 1270. The number of piperidine rings is 1. The molecule has 1 N–H and O–H groups in total. The number of hydrogen-bond donors (Lipinski definition) is 1. The van der Waals surface area contributed by atoms with Crippen molar-refractivity contribution in [3.8, 4) is 0 Å². The number of benzene rings is 3. The van der Waals surface area contributed by atoms with Crippen LogP contribution in [0.25, 0.3) is 0 Å². The second-order valence-electron chi connectivity index (χ2n) is 8.90. The zero-order valence-electron chi connectivity index (χ0n) is 19.4. The highest BCUT2D eigenvalue weighted by Crippen LogP contribution is 2.29. The molecule has 178 valence electrons. The van der Waals surface area contributed by atoms with E-state index in [4.69, 9.17) is 11.6 Å². The predicted molar refractivity (Wildman–Crippen MR) is 136 cm³/mol. The fourth-order valence-electron chi connectivity index (χ4n) is 4.32. The molecule has 5 nitrogen and oxygen atoms in total. The summed E-state index contributed by atoms with van der Waals surface area (Å²) in [4.78, 5) is 13.5. The van der Waals surface area contributed by atoms with Gasteiger partial charge in [-0.25, -0.2) is 8.42 Å². The number of aryl methyl sites for hydroxylation is 1. The van der Waals surface area contributed by atoms with E-state index in [1.807, 2.05) is 61.5 Å². The Kier molecular flexibility index (Phi) is 7.41. The van der Waals surface area contributed by atoms with E-state index < -0.39 is 22.0 Å². The molecule has 34 heavy (non-hydrogen) atoms. The predicted octanol–water partition coefficient (Wildman–Crippen LogP) is 5.59. The third kappa shape index (κ3) is 5.19. The molecule has 0 aliphatic carbocycles. The summed E-state index contributed by atoms with van der Waals surface area (Å²) in [6, 6.07) is 21.5. The van der Waals surface area contributed by atoms with Gasteiger partial charge in [0, 0.05) is 13.1 Å². The quantitative estimate of drug-likeness (QED) is 0.483. The molecule has 4 rings (SSSR count). The van der Waals surface area contributed by atoms with Crippen molar-refractivity contribution < 1.29 is 13.2 Å². The maximum atomic E-state index is 13.4. The molecular weight excluding hydrogens is 468 g/mol. The number of hydrogen-bond acceptors (Lipinski definition) is 3. The SMILES string of the molecule is Cc1ccccc1C(NC(=O)c1cc(S(=O)(=O)N2CCC(C)CC2)ccc1Cl)c1ccccc1. The molecule has 1 heterocycles. The van der Waals surface area contributed by atoms with Crippen LogP contribution in [0.5, 0.6) is 0 Å². The van der Waals surface area contributed by atoms with E-state index in [1.54, 1.807) is 0 Å². The maximum Gasteiger partial charge on any atom is 0.253 e. The van der Waals surface area contributed by atoms with Crippen molar-refractivity contribution in [2.45, 2.75) is 37.6 Å². The zero-order valence-corrected chi connectivity index (χ0v) is 20.9. The summed E-state index contributed by atoms with van der Waals surface area (Å²) in [5.74, 6) is 0.0841. The van der Waals surface area contributed by atoms with Gasteiger partial charge in [0.25, 0.3) is 5.91 Å². The first-order chi connectivity index (χ1) is 16.3. The molecule has 0 bridgehead atoms. The largest absolute Gasteiger partial charge is 0.341 e. The van der Waals surface area contributed by atoms with Gasteiger partial charge in [0.2, 0.25) is 10.0 Å². The Balaban J connectivity index is 1.66. The van der Waals surface area contributed by atoms with Crippen LogP contribution in [-0.4, -0.2) is 31.7 Å². The molecule has 1 saturated heterocycles. The van der Waals surface area contributed by atoms with E-state index in [9.17, 15) is 13.2 Å². The molecule has 7 heteroatoms. The lowest BCUT2D eigenvalue weighted by Gasteiger charge is -2.29. The summed E-state index contributed by atoms with van der Waals surface area (Å²) in [7, 11) is -3.70. The zero-order chi connectivity index (χ0) is 24.3.